The molecule has 1 aliphatic rings. The fraction of sp³-hybridized carbons (Fsp3) is 0.200. The van der Waals surface area contributed by atoms with E-state index in [9.17, 15) is 9.59 Å². The van der Waals surface area contributed by atoms with Crippen molar-refractivity contribution in [1.82, 2.24) is 0 Å². The van der Waals surface area contributed by atoms with Gasteiger partial charge in [-0.3, -0.25) is 9.59 Å². The van der Waals surface area contributed by atoms with Gasteiger partial charge in [0.1, 0.15) is 12.4 Å². The molecule has 0 bridgehead atoms. The normalized spacial score (nSPS) is 20.0. The predicted octanol–water partition coefficient (Wildman–Crippen LogP) is 1.19. The predicted molar refractivity (Wildman–Crippen MR) is 54.2 cm³/mol. The van der Waals surface area contributed by atoms with E-state index in [2.05, 4.69) is 0 Å². The average molecular weight is 224 g/mol. The largest absolute Gasteiger partial charge is 0.485 e. The first kappa shape index (κ1) is 10.0. The number of carboxylic acids is 1. The zero-order valence-corrected chi connectivity index (χ0v) is 8.49. The smallest absolute Gasteiger partial charge is 0.324 e. The van der Waals surface area contributed by atoms with Gasteiger partial charge in [0.2, 0.25) is 0 Å². The Morgan fingerprint density at radius 1 is 1.47 bits per heavy atom. The van der Waals surface area contributed by atoms with Crippen molar-refractivity contribution in [3.05, 3.63) is 24.3 Å². The van der Waals surface area contributed by atoms with Gasteiger partial charge >= 0.3 is 5.97 Å². The number of rotatable bonds is 1. The number of Topliss-reactive ketones (excluding diaryl/α,β-unsaturated/α-hetero) is 1. The molecule has 0 radical (unpaired) electrons. The monoisotopic (exact) mass is 224 g/mol. The fourth-order valence-electron chi connectivity index (χ4n) is 1.27. The molecule has 0 aromatic heterocycles. The molecule has 0 spiro atoms. The number of carbonyl (C=O) groups is 2. The highest BCUT2D eigenvalue weighted by molar-refractivity contribution is 8.01. The van der Waals surface area contributed by atoms with Crippen LogP contribution in [0.2, 0.25) is 0 Å². The summed E-state index contributed by atoms with van der Waals surface area (Å²) in [6.45, 7) is -0.180. The van der Waals surface area contributed by atoms with Crippen LogP contribution in [-0.2, 0) is 9.59 Å². The second-order valence-corrected chi connectivity index (χ2v) is 4.18. The molecule has 1 aromatic rings. The maximum absolute atomic E-state index is 11.4. The van der Waals surface area contributed by atoms with Crippen LogP contribution in [0.5, 0.6) is 5.75 Å². The molecule has 0 amide bonds. The summed E-state index contributed by atoms with van der Waals surface area (Å²) in [5.74, 6) is -0.964. The average Bonchev–Trinajstić information content (AvgIpc) is 2.39. The Hall–Kier alpha value is -1.49. The van der Waals surface area contributed by atoms with Crippen LogP contribution in [-0.4, -0.2) is 28.7 Å². The molecule has 5 heteroatoms. The third-order valence-electron chi connectivity index (χ3n) is 1.98. The highest BCUT2D eigenvalue weighted by Crippen LogP contribution is 2.35. The van der Waals surface area contributed by atoms with Gasteiger partial charge in [-0.2, -0.15) is 0 Å². The third kappa shape index (κ3) is 1.97. The summed E-state index contributed by atoms with van der Waals surface area (Å²) in [5, 5.41) is 7.80. The van der Waals surface area contributed by atoms with Crippen LogP contribution < -0.4 is 4.74 Å². The summed E-state index contributed by atoms with van der Waals surface area (Å²) in [7, 11) is 0. The molecular weight excluding hydrogens is 216 g/mol. The number of para-hydroxylation sites is 1. The Morgan fingerprint density at radius 2 is 2.20 bits per heavy atom. The van der Waals surface area contributed by atoms with Crippen LogP contribution in [0.15, 0.2) is 29.2 Å². The number of ether oxygens (including phenoxy) is 1. The SMILES string of the molecule is O=C(O)C1Sc2ccccc2OCC1=O. The van der Waals surface area contributed by atoms with Crippen molar-refractivity contribution < 1.29 is 19.4 Å². The maximum atomic E-state index is 11.4. The zero-order valence-electron chi connectivity index (χ0n) is 7.67. The number of aliphatic carboxylic acids is 1. The molecule has 0 saturated heterocycles. The third-order valence-corrected chi connectivity index (χ3v) is 3.27. The molecule has 0 aliphatic carbocycles. The van der Waals surface area contributed by atoms with E-state index in [-0.39, 0.29) is 6.61 Å². The number of thioether (sulfide) groups is 1. The molecule has 1 unspecified atom stereocenters. The van der Waals surface area contributed by atoms with Gasteiger partial charge in [0.25, 0.3) is 0 Å². The van der Waals surface area contributed by atoms with Crippen molar-refractivity contribution in [2.24, 2.45) is 0 Å². The fourth-order valence-corrected chi connectivity index (χ4v) is 2.23. The van der Waals surface area contributed by atoms with Crippen molar-refractivity contribution in [2.45, 2.75) is 10.1 Å². The first-order chi connectivity index (χ1) is 7.18. The van der Waals surface area contributed by atoms with E-state index in [0.29, 0.717) is 10.6 Å². The minimum atomic E-state index is -1.12. The molecule has 0 saturated carbocycles. The van der Waals surface area contributed by atoms with E-state index in [4.69, 9.17) is 9.84 Å². The number of ketones is 1. The minimum Gasteiger partial charge on any atom is -0.485 e. The Balaban J connectivity index is 2.35. The molecule has 1 atom stereocenters. The van der Waals surface area contributed by atoms with Crippen molar-refractivity contribution in [3.63, 3.8) is 0 Å². The number of hydrogen-bond donors (Lipinski definition) is 1. The summed E-state index contributed by atoms with van der Waals surface area (Å²) in [5.41, 5.74) is 0. The van der Waals surface area contributed by atoms with E-state index < -0.39 is 17.0 Å². The van der Waals surface area contributed by atoms with E-state index in [1.807, 2.05) is 0 Å². The van der Waals surface area contributed by atoms with Gasteiger partial charge in [0.15, 0.2) is 11.0 Å². The van der Waals surface area contributed by atoms with Gasteiger partial charge in [-0.25, -0.2) is 0 Å². The van der Waals surface area contributed by atoms with Crippen LogP contribution in [0.3, 0.4) is 0 Å². The van der Waals surface area contributed by atoms with Crippen LogP contribution in [0.4, 0.5) is 0 Å². The van der Waals surface area contributed by atoms with Crippen LogP contribution in [0, 0.1) is 0 Å². The van der Waals surface area contributed by atoms with Gasteiger partial charge in [-0.15, -0.1) is 0 Å². The highest BCUT2D eigenvalue weighted by Gasteiger charge is 2.31. The quantitative estimate of drug-likeness (QED) is 0.726. The van der Waals surface area contributed by atoms with E-state index >= 15 is 0 Å². The first-order valence-corrected chi connectivity index (χ1v) is 5.20. The van der Waals surface area contributed by atoms with Crippen molar-refractivity contribution in [3.8, 4) is 5.75 Å². The number of carbonyl (C=O) groups excluding carboxylic acids is 1. The van der Waals surface area contributed by atoms with Crippen molar-refractivity contribution in [1.29, 1.82) is 0 Å². The molecule has 15 heavy (non-hydrogen) atoms. The van der Waals surface area contributed by atoms with Gasteiger partial charge in [0.05, 0.1) is 4.90 Å². The Morgan fingerprint density at radius 3 is 2.93 bits per heavy atom. The Labute approximate surface area is 90.2 Å². The number of hydrogen-bond acceptors (Lipinski definition) is 4. The van der Waals surface area contributed by atoms with Crippen molar-refractivity contribution >= 4 is 23.5 Å². The minimum absolute atomic E-state index is 0.180. The second-order valence-electron chi connectivity index (χ2n) is 3.04. The molecule has 0 fully saturated rings. The number of benzene rings is 1. The van der Waals surface area contributed by atoms with Crippen LogP contribution in [0.1, 0.15) is 0 Å². The molecular formula is C10H8O4S. The standard InChI is InChI=1S/C10H8O4S/c11-6-5-14-7-3-1-2-4-8(7)15-9(6)10(12)13/h1-4,9H,5H2,(H,12,13). The van der Waals surface area contributed by atoms with E-state index in [1.165, 1.54) is 0 Å². The second kappa shape index (κ2) is 3.94. The van der Waals surface area contributed by atoms with Crippen LogP contribution >= 0.6 is 11.8 Å². The zero-order chi connectivity index (χ0) is 10.8. The van der Waals surface area contributed by atoms with Crippen molar-refractivity contribution in [2.75, 3.05) is 6.61 Å². The molecule has 78 valence electrons. The lowest BCUT2D eigenvalue weighted by atomic mass is 10.3. The first-order valence-electron chi connectivity index (χ1n) is 4.32. The lowest BCUT2D eigenvalue weighted by molar-refractivity contribution is -0.139. The molecule has 1 aliphatic heterocycles. The van der Waals surface area contributed by atoms with Crippen LogP contribution in [0.25, 0.3) is 0 Å². The summed E-state index contributed by atoms with van der Waals surface area (Å²) in [6, 6.07) is 7.03. The molecule has 1 N–H and O–H groups in total. The van der Waals surface area contributed by atoms with E-state index in [0.717, 1.165) is 11.8 Å². The maximum Gasteiger partial charge on any atom is 0.324 e. The van der Waals surface area contributed by atoms with Gasteiger partial charge < -0.3 is 9.84 Å². The molecule has 4 nitrogen and oxygen atoms in total. The van der Waals surface area contributed by atoms with Gasteiger partial charge in [-0.1, -0.05) is 23.9 Å². The highest BCUT2D eigenvalue weighted by atomic mass is 32.2. The Kier molecular flexibility index (Phi) is 2.64. The summed E-state index contributed by atoms with van der Waals surface area (Å²) in [4.78, 5) is 22.9. The van der Waals surface area contributed by atoms with Gasteiger partial charge in [0, 0.05) is 0 Å². The molecule has 2 rings (SSSR count). The summed E-state index contributed by atoms with van der Waals surface area (Å²) in [6.07, 6.45) is 0. The summed E-state index contributed by atoms with van der Waals surface area (Å²) < 4.78 is 5.21. The van der Waals surface area contributed by atoms with Gasteiger partial charge in [-0.05, 0) is 12.1 Å². The lowest BCUT2D eigenvalue weighted by Gasteiger charge is -2.05. The number of fused-ring (bicyclic) bond motifs is 1. The summed E-state index contributed by atoms with van der Waals surface area (Å²) >= 11 is 1.02. The topological polar surface area (TPSA) is 63.6 Å². The Bertz CT molecular complexity index is 416. The molecule has 1 aromatic carbocycles. The molecule has 1 heterocycles. The van der Waals surface area contributed by atoms with E-state index in [1.54, 1.807) is 24.3 Å². The lowest BCUT2D eigenvalue weighted by Crippen LogP contribution is -2.29. The number of carboxylic acid groups (broad SMARTS) is 1.